The Hall–Kier alpha value is -2.41. The van der Waals surface area contributed by atoms with Crippen molar-refractivity contribution in [2.75, 3.05) is 39.3 Å². The second-order valence-corrected chi connectivity index (χ2v) is 11.0. The number of piperidine rings is 1. The summed E-state index contributed by atoms with van der Waals surface area (Å²) in [7, 11) is 0. The molecule has 1 aromatic carbocycles. The zero-order valence-electron chi connectivity index (χ0n) is 21.1. The van der Waals surface area contributed by atoms with Crippen molar-refractivity contribution in [1.29, 1.82) is 0 Å². The molecule has 0 atom stereocenters. The molecular weight excluding hydrogens is 438 g/mol. The topological polar surface area (TPSA) is 63.5 Å². The van der Waals surface area contributed by atoms with E-state index in [9.17, 15) is 4.79 Å². The molecule has 1 saturated carbocycles. The van der Waals surface area contributed by atoms with E-state index in [1.54, 1.807) is 17.3 Å². The number of benzene rings is 1. The predicted molar refractivity (Wildman–Crippen MR) is 136 cm³/mol. The van der Waals surface area contributed by atoms with Crippen LogP contribution in [0.2, 0.25) is 0 Å². The number of rotatable bonds is 6. The number of amides is 1. The average Bonchev–Trinajstić information content (AvgIpc) is 3.53. The second kappa shape index (κ2) is 11.5. The fourth-order valence-corrected chi connectivity index (χ4v) is 5.94. The molecule has 1 amide bonds. The summed E-state index contributed by atoms with van der Waals surface area (Å²) in [5.41, 5.74) is 1.67. The molecule has 1 aliphatic carbocycles. The molecule has 3 aliphatic rings. The van der Waals surface area contributed by atoms with Gasteiger partial charge in [-0.2, -0.15) is 5.10 Å². The van der Waals surface area contributed by atoms with Gasteiger partial charge in [-0.15, -0.1) is 0 Å². The highest BCUT2D eigenvalue weighted by molar-refractivity contribution is 5.76. The molecule has 35 heavy (non-hydrogen) atoms. The molecule has 1 aromatic heterocycles. The molecule has 5 rings (SSSR count). The van der Waals surface area contributed by atoms with Crippen LogP contribution in [0.4, 0.5) is 0 Å². The van der Waals surface area contributed by atoms with Crippen molar-refractivity contribution in [1.82, 2.24) is 24.6 Å². The van der Waals surface area contributed by atoms with E-state index in [1.807, 2.05) is 0 Å². The van der Waals surface area contributed by atoms with Crippen molar-refractivity contribution in [2.45, 2.75) is 70.8 Å². The van der Waals surface area contributed by atoms with Crippen LogP contribution in [0, 0.1) is 11.3 Å². The number of carbonyl (C=O) groups is 1. The Balaban J connectivity index is 1.19. The Labute approximate surface area is 209 Å². The second-order valence-electron chi connectivity index (χ2n) is 11.0. The molecule has 3 heterocycles. The van der Waals surface area contributed by atoms with Crippen LogP contribution < -0.4 is 4.74 Å². The molecule has 0 N–H and O–H groups in total. The predicted octanol–water partition coefficient (Wildman–Crippen LogP) is 4.18. The van der Waals surface area contributed by atoms with Gasteiger partial charge in [-0.3, -0.25) is 14.4 Å². The lowest BCUT2D eigenvalue weighted by Gasteiger charge is -2.45. The van der Waals surface area contributed by atoms with Crippen LogP contribution in [0.15, 0.2) is 36.9 Å². The Bertz CT molecular complexity index is 935. The minimum atomic E-state index is 0.299. The first kappa shape index (κ1) is 24.3. The van der Waals surface area contributed by atoms with Gasteiger partial charge in [-0.25, -0.2) is 4.98 Å². The molecular formula is C28H41N5O2. The molecule has 1 spiro atoms. The Morgan fingerprint density at radius 2 is 1.94 bits per heavy atom. The van der Waals surface area contributed by atoms with Crippen molar-refractivity contribution in [2.24, 2.45) is 11.3 Å². The molecule has 7 nitrogen and oxygen atoms in total. The SMILES string of the molecule is O=C(CCCn1cncn1)N1CCC2(CCCCc3ccccc3OCCN(CC3CC3)C2)CC1. The van der Waals surface area contributed by atoms with Crippen molar-refractivity contribution in [3.05, 3.63) is 42.5 Å². The van der Waals surface area contributed by atoms with Crippen LogP contribution in [0.25, 0.3) is 0 Å². The Morgan fingerprint density at radius 3 is 2.74 bits per heavy atom. The fourth-order valence-electron chi connectivity index (χ4n) is 5.94. The van der Waals surface area contributed by atoms with Crippen LogP contribution in [-0.4, -0.2) is 69.8 Å². The standard InChI is InChI=1S/C28H41N5O2/c34-27(9-5-15-33-23-29-22-30-33)32-16-13-28(14-17-32)12-4-3-7-25-6-1-2-8-26(25)35-19-18-31(21-28)20-24-10-11-24/h1-2,6,8,22-24H,3-5,7,9-21H2. The van der Waals surface area contributed by atoms with E-state index in [-0.39, 0.29) is 0 Å². The molecule has 1 saturated heterocycles. The summed E-state index contributed by atoms with van der Waals surface area (Å²) in [6.07, 6.45) is 14.5. The first-order valence-corrected chi connectivity index (χ1v) is 13.7. The summed E-state index contributed by atoms with van der Waals surface area (Å²) in [5.74, 6) is 2.25. The van der Waals surface area contributed by atoms with Gasteiger partial charge in [0.25, 0.3) is 0 Å². The van der Waals surface area contributed by atoms with Gasteiger partial charge in [0.05, 0.1) is 0 Å². The van der Waals surface area contributed by atoms with E-state index >= 15 is 0 Å². The summed E-state index contributed by atoms with van der Waals surface area (Å²) in [6.45, 7) is 6.68. The maximum Gasteiger partial charge on any atom is 0.222 e. The lowest BCUT2D eigenvalue weighted by molar-refractivity contribution is -0.134. The number of aromatic nitrogens is 3. The van der Waals surface area contributed by atoms with Crippen LogP contribution in [0.3, 0.4) is 0 Å². The molecule has 0 unspecified atom stereocenters. The number of para-hydroxylation sites is 1. The van der Waals surface area contributed by atoms with Gasteiger partial charge in [-0.05, 0) is 74.3 Å². The number of hydrogen-bond acceptors (Lipinski definition) is 5. The summed E-state index contributed by atoms with van der Waals surface area (Å²) < 4.78 is 8.08. The Morgan fingerprint density at radius 1 is 1.09 bits per heavy atom. The van der Waals surface area contributed by atoms with Gasteiger partial charge in [0.1, 0.15) is 25.0 Å². The van der Waals surface area contributed by atoms with Gasteiger partial charge in [-0.1, -0.05) is 24.6 Å². The van der Waals surface area contributed by atoms with E-state index < -0.39 is 0 Å². The van der Waals surface area contributed by atoms with Crippen molar-refractivity contribution in [3.63, 3.8) is 0 Å². The van der Waals surface area contributed by atoms with E-state index in [1.165, 1.54) is 44.2 Å². The molecule has 2 aromatic rings. The van der Waals surface area contributed by atoms with E-state index in [0.717, 1.165) is 76.7 Å². The van der Waals surface area contributed by atoms with Crippen molar-refractivity contribution >= 4 is 5.91 Å². The zero-order chi connectivity index (χ0) is 23.9. The molecule has 0 radical (unpaired) electrons. The molecule has 7 heteroatoms. The lowest BCUT2D eigenvalue weighted by Crippen LogP contribution is -2.49. The molecule has 190 valence electrons. The molecule has 2 fully saturated rings. The van der Waals surface area contributed by atoms with Gasteiger partial charge in [0.15, 0.2) is 0 Å². The summed E-state index contributed by atoms with van der Waals surface area (Å²) in [6, 6.07) is 8.58. The largest absolute Gasteiger partial charge is 0.492 e. The third-order valence-electron chi connectivity index (χ3n) is 8.23. The van der Waals surface area contributed by atoms with Gasteiger partial charge in [0, 0.05) is 45.7 Å². The number of carbonyl (C=O) groups excluding carboxylic acids is 1. The van der Waals surface area contributed by atoms with Crippen LogP contribution in [-0.2, 0) is 17.8 Å². The summed E-state index contributed by atoms with van der Waals surface area (Å²) in [4.78, 5) is 21.7. The third kappa shape index (κ3) is 6.84. The number of fused-ring (bicyclic) bond motifs is 1. The highest BCUT2D eigenvalue weighted by Gasteiger charge is 2.38. The van der Waals surface area contributed by atoms with E-state index in [4.69, 9.17) is 4.74 Å². The lowest BCUT2D eigenvalue weighted by atomic mass is 9.73. The maximum absolute atomic E-state index is 12.9. The highest BCUT2D eigenvalue weighted by Crippen LogP contribution is 2.40. The minimum Gasteiger partial charge on any atom is -0.492 e. The third-order valence-corrected chi connectivity index (χ3v) is 8.23. The first-order chi connectivity index (χ1) is 17.2. The van der Waals surface area contributed by atoms with Crippen LogP contribution in [0.5, 0.6) is 5.75 Å². The monoisotopic (exact) mass is 479 g/mol. The van der Waals surface area contributed by atoms with Crippen molar-refractivity contribution in [3.8, 4) is 5.75 Å². The smallest absolute Gasteiger partial charge is 0.222 e. The quantitative estimate of drug-likeness (QED) is 0.622. The maximum atomic E-state index is 12.9. The highest BCUT2D eigenvalue weighted by atomic mass is 16.5. The van der Waals surface area contributed by atoms with Crippen molar-refractivity contribution < 1.29 is 9.53 Å². The molecule has 2 aliphatic heterocycles. The zero-order valence-corrected chi connectivity index (χ0v) is 21.1. The molecule has 0 bridgehead atoms. The van der Waals surface area contributed by atoms with E-state index in [0.29, 0.717) is 17.7 Å². The van der Waals surface area contributed by atoms with Gasteiger partial charge >= 0.3 is 0 Å². The number of likely N-dealkylation sites (tertiary alicyclic amines) is 1. The minimum absolute atomic E-state index is 0.299. The number of hydrogen-bond donors (Lipinski definition) is 0. The van der Waals surface area contributed by atoms with Gasteiger partial charge in [0.2, 0.25) is 5.91 Å². The number of ether oxygens (including phenoxy) is 1. The fraction of sp³-hybridized carbons (Fsp3) is 0.679. The number of aryl methyl sites for hydroxylation is 2. The van der Waals surface area contributed by atoms with E-state index in [2.05, 4.69) is 44.1 Å². The van der Waals surface area contributed by atoms with Gasteiger partial charge < -0.3 is 9.64 Å². The van der Waals surface area contributed by atoms with Crippen LogP contribution in [0.1, 0.15) is 63.4 Å². The summed E-state index contributed by atoms with van der Waals surface area (Å²) >= 11 is 0. The first-order valence-electron chi connectivity index (χ1n) is 13.7. The number of nitrogens with zero attached hydrogens (tertiary/aromatic N) is 5. The normalized spacial score (nSPS) is 21.5. The average molecular weight is 480 g/mol. The summed E-state index contributed by atoms with van der Waals surface area (Å²) in [5, 5.41) is 4.14. The Kier molecular flexibility index (Phi) is 8.02. The van der Waals surface area contributed by atoms with Crippen LogP contribution >= 0.6 is 0 Å².